The molecular weight excluding hydrogens is 259 g/mol. The van der Waals surface area contributed by atoms with Gasteiger partial charge in [0.05, 0.1) is 0 Å². The van der Waals surface area contributed by atoms with E-state index in [0.717, 1.165) is 12.0 Å². The largest absolute Gasteiger partial charge is 0.542 e. The zero-order valence-corrected chi connectivity index (χ0v) is 11.3. The molecule has 1 fully saturated rings. The third-order valence-electron chi connectivity index (χ3n) is 3.67. The number of carbonyl (C=O) groups excluding carboxylic acids is 1. The van der Waals surface area contributed by atoms with Gasteiger partial charge in [0.15, 0.2) is 6.04 Å². The van der Waals surface area contributed by atoms with Crippen LogP contribution in [0.3, 0.4) is 0 Å². The van der Waals surface area contributed by atoms with Gasteiger partial charge in [0.1, 0.15) is 18.2 Å². The molecule has 2 rings (SSSR count). The molecule has 2 atom stereocenters. The summed E-state index contributed by atoms with van der Waals surface area (Å²) >= 11 is 0. The van der Waals surface area contributed by atoms with Crippen LogP contribution in [-0.4, -0.2) is 35.0 Å². The Morgan fingerprint density at radius 1 is 1.37 bits per heavy atom. The summed E-state index contributed by atoms with van der Waals surface area (Å²) in [6.07, 6.45) is 1.92. The molecule has 19 heavy (non-hydrogen) atoms. The molecule has 0 aromatic carbocycles. The number of piperidine rings is 1. The number of nitrogens with zero attached hydrogens (tertiary/aromatic N) is 1. The zero-order chi connectivity index (χ0) is 14.6. The minimum Gasteiger partial charge on any atom is -0.542 e. The highest BCUT2D eigenvalue weighted by molar-refractivity contribution is 5.77. The van der Waals surface area contributed by atoms with E-state index in [1.165, 1.54) is 38.6 Å². The molecule has 110 valence electrons. The Bertz CT molecular complexity index is 363. The van der Waals surface area contributed by atoms with Gasteiger partial charge in [-0.1, -0.05) is 6.92 Å². The molecule has 6 heteroatoms. The third kappa shape index (κ3) is 4.84. The number of rotatable bonds is 0. The summed E-state index contributed by atoms with van der Waals surface area (Å²) < 4.78 is 34.2. The van der Waals surface area contributed by atoms with E-state index in [2.05, 4.69) is 18.4 Å². The lowest BCUT2D eigenvalue weighted by Gasteiger charge is -2.29. The standard InChI is InChI=1S/C11H20N.C2HF3O2/c1-9-7-10(2)12-6-4-3-5-11(12)8-9;3-2(4,5)1(6)7/h9,11H,3-8H2,1-2H3;(H,6,7)/q+1;/p-1/t9-,11+;/m1./s1. The molecule has 3 nitrogen and oxygen atoms in total. The molecule has 0 aliphatic carbocycles. The van der Waals surface area contributed by atoms with E-state index < -0.39 is 12.1 Å². The highest BCUT2D eigenvalue weighted by Crippen LogP contribution is 2.26. The van der Waals surface area contributed by atoms with Gasteiger partial charge in [0, 0.05) is 32.6 Å². The van der Waals surface area contributed by atoms with Gasteiger partial charge in [-0.15, -0.1) is 0 Å². The molecule has 0 radical (unpaired) electrons. The third-order valence-corrected chi connectivity index (χ3v) is 3.67. The maximum atomic E-state index is 10.5. The molecule has 1 saturated heterocycles. The van der Waals surface area contributed by atoms with Gasteiger partial charge in [-0.2, -0.15) is 13.2 Å². The lowest BCUT2D eigenvalue weighted by Crippen LogP contribution is -2.40. The summed E-state index contributed by atoms with van der Waals surface area (Å²) in [7, 11) is 0. The lowest BCUT2D eigenvalue weighted by atomic mass is 9.87. The second kappa shape index (κ2) is 6.39. The first-order chi connectivity index (χ1) is 8.71. The van der Waals surface area contributed by atoms with Gasteiger partial charge in [-0.3, -0.25) is 0 Å². The highest BCUT2D eigenvalue weighted by Gasteiger charge is 2.33. The van der Waals surface area contributed by atoms with Gasteiger partial charge in [-0.05, 0) is 12.3 Å². The minimum atomic E-state index is -5.19. The van der Waals surface area contributed by atoms with Gasteiger partial charge < -0.3 is 9.90 Å². The van der Waals surface area contributed by atoms with Gasteiger partial charge in [-0.25, -0.2) is 4.58 Å². The van der Waals surface area contributed by atoms with E-state index >= 15 is 0 Å². The Hall–Kier alpha value is -1.07. The van der Waals surface area contributed by atoms with Crippen molar-refractivity contribution in [2.24, 2.45) is 5.92 Å². The molecule has 0 unspecified atom stereocenters. The van der Waals surface area contributed by atoms with Crippen LogP contribution in [0.25, 0.3) is 0 Å². The van der Waals surface area contributed by atoms with Crippen LogP contribution in [0.15, 0.2) is 0 Å². The number of halogens is 3. The number of hydrogen-bond acceptors (Lipinski definition) is 2. The number of carbonyl (C=O) groups is 1. The van der Waals surface area contributed by atoms with Crippen molar-refractivity contribution in [2.75, 3.05) is 6.54 Å². The monoisotopic (exact) mass is 279 g/mol. The Kier molecular flexibility index (Phi) is 5.38. The lowest BCUT2D eigenvalue weighted by molar-refractivity contribution is -0.584. The van der Waals surface area contributed by atoms with Crippen molar-refractivity contribution in [3.63, 3.8) is 0 Å². The fourth-order valence-electron chi connectivity index (χ4n) is 2.92. The predicted molar refractivity (Wildman–Crippen MR) is 62.9 cm³/mol. The molecule has 2 aliphatic heterocycles. The number of aliphatic carboxylic acids is 1. The van der Waals surface area contributed by atoms with E-state index in [-0.39, 0.29) is 0 Å². The van der Waals surface area contributed by atoms with Crippen LogP contribution in [0.2, 0.25) is 0 Å². The first-order valence-corrected chi connectivity index (χ1v) is 6.59. The molecule has 0 aromatic rings. The maximum Gasteiger partial charge on any atom is 0.430 e. The first-order valence-electron chi connectivity index (χ1n) is 6.59. The van der Waals surface area contributed by atoms with Crippen LogP contribution in [0.4, 0.5) is 13.2 Å². The number of fused-ring (bicyclic) bond motifs is 1. The molecule has 0 aromatic heterocycles. The zero-order valence-electron chi connectivity index (χ0n) is 11.3. The van der Waals surface area contributed by atoms with E-state index in [1.807, 2.05) is 0 Å². The van der Waals surface area contributed by atoms with Crippen LogP contribution in [0.1, 0.15) is 46.0 Å². The smallest absolute Gasteiger partial charge is 0.430 e. The molecule has 0 bridgehead atoms. The minimum absolute atomic E-state index is 0.905. The summed E-state index contributed by atoms with van der Waals surface area (Å²) in [6, 6.07) is 0.905. The Labute approximate surface area is 111 Å². The Morgan fingerprint density at radius 2 is 1.95 bits per heavy atom. The van der Waals surface area contributed by atoms with E-state index in [9.17, 15) is 13.2 Å². The number of carboxylic acid groups (broad SMARTS) is 1. The van der Waals surface area contributed by atoms with Crippen LogP contribution < -0.4 is 5.11 Å². The summed E-state index contributed by atoms with van der Waals surface area (Å²) in [5, 5.41) is 8.78. The van der Waals surface area contributed by atoms with Crippen molar-refractivity contribution in [2.45, 2.75) is 58.2 Å². The molecule has 2 aliphatic rings. The van der Waals surface area contributed by atoms with Crippen LogP contribution in [0, 0.1) is 5.92 Å². The Morgan fingerprint density at radius 3 is 2.47 bits per heavy atom. The molecule has 0 saturated carbocycles. The van der Waals surface area contributed by atoms with E-state index in [0.29, 0.717) is 0 Å². The number of carboxylic acids is 1. The average Bonchev–Trinajstić information content (AvgIpc) is 2.28. The fraction of sp³-hybridized carbons (Fsp3) is 0.846. The van der Waals surface area contributed by atoms with Gasteiger partial charge in [0.25, 0.3) is 0 Å². The second-order valence-electron chi connectivity index (χ2n) is 5.41. The highest BCUT2D eigenvalue weighted by atomic mass is 19.4. The average molecular weight is 279 g/mol. The fourth-order valence-corrected chi connectivity index (χ4v) is 2.92. The summed E-state index contributed by atoms with van der Waals surface area (Å²) in [4.78, 5) is 8.78. The van der Waals surface area contributed by atoms with Crippen molar-refractivity contribution >= 4 is 11.7 Å². The first kappa shape index (κ1) is 16.0. The number of hydrogen-bond donors (Lipinski definition) is 0. The van der Waals surface area contributed by atoms with E-state index in [4.69, 9.17) is 9.90 Å². The molecule has 2 heterocycles. The SMILES string of the molecule is CC1=[N+]2CCCC[C@H]2C[C@H](C)C1.O=C([O-])C(F)(F)F. The maximum absolute atomic E-state index is 10.5. The molecule has 0 N–H and O–H groups in total. The van der Waals surface area contributed by atoms with Crippen molar-refractivity contribution in [1.29, 1.82) is 0 Å². The van der Waals surface area contributed by atoms with Gasteiger partial charge in [0.2, 0.25) is 0 Å². The molecular formula is C13H20F3NO2. The Balaban J connectivity index is 0.000000224. The van der Waals surface area contributed by atoms with Crippen LogP contribution >= 0.6 is 0 Å². The van der Waals surface area contributed by atoms with Crippen LogP contribution in [0.5, 0.6) is 0 Å². The van der Waals surface area contributed by atoms with Crippen molar-refractivity contribution < 1.29 is 27.6 Å². The summed E-state index contributed by atoms with van der Waals surface area (Å²) in [5.41, 5.74) is 1.65. The van der Waals surface area contributed by atoms with Crippen molar-refractivity contribution in [1.82, 2.24) is 0 Å². The van der Waals surface area contributed by atoms with E-state index in [1.54, 1.807) is 5.71 Å². The molecule has 0 spiro atoms. The normalized spacial score (nSPS) is 27.2. The topological polar surface area (TPSA) is 43.1 Å². The summed E-state index contributed by atoms with van der Waals surface area (Å²) in [5.74, 6) is -2.07. The number of alkyl halides is 3. The molecule has 0 amide bonds. The van der Waals surface area contributed by atoms with Crippen molar-refractivity contribution in [3.8, 4) is 0 Å². The quantitative estimate of drug-likeness (QED) is 0.634. The van der Waals surface area contributed by atoms with Crippen molar-refractivity contribution in [3.05, 3.63) is 0 Å². The van der Waals surface area contributed by atoms with Crippen LogP contribution in [-0.2, 0) is 4.79 Å². The van der Waals surface area contributed by atoms with Gasteiger partial charge >= 0.3 is 6.18 Å². The second-order valence-corrected chi connectivity index (χ2v) is 5.41. The summed E-state index contributed by atoms with van der Waals surface area (Å²) in [6.45, 7) is 6.06. The predicted octanol–water partition coefficient (Wildman–Crippen LogP) is 1.74.